The number of nitrogens with zero attached hydrogens (tertiary/aromatic N) is 2. The number of aryl methyl sites for hydroxylation is 1. The van der Waals surface area contributed by atoms with Gasteiger partial charge in [0.15, 0.2) is 0 Å². The largest absolute Gasteiger partial charge is 0.492 e. The highest BCUT2D eigenvalue weighted by Gasteiger charge is 2.39. The van der Waals surface area contributed by atoms with Crippen LogP contribution in [0.1, 0.15) is 58.9 Å². The zero-order chi connectivity index (χ0) is 17.3. The van der Waals surface area contributed by atoms with E-state index in [1.807, 2.05) is 4.90 Å². The van der Waals surface area contributed by atoms with Gasteiger partial charge in [-0.1, -0.05) is 27.7 Å². The van der Waals surface area contributed by atoms with Crippen LogP contribution in [-0.2, 0) is 11.2 Å². The van der Waals surface area contributed by atoms with Crippen LogP contribution in [0.25, 0.3) is 0 Å². The fraction of sp³-hybridized carbons (Fsp3) is 0.700. The van der Waals surface area contributed by atoms with Crippen LogP contribution in [0.4, 0.5) is 5.82 Å². The molecule has 3 rings (SSSR count). The molecule has 0 aromatic carbocycles. The molecule has 1 aliphatic heterocycles. The van der Waals surface area contributed by atoms with E-state index in [-0.39, 0.29) is 5.91 Å². The molecular weight excluding hydrogens is 300 g/mol. The number of pyridine rings is 1. The van der Waals surface area contributed by atoms with Crippen molar-refractivity contribution < 1.29 is 9.53 Å². The molecule has 0 radical (unpaired) electrons. The number of fused-ring (bicyclic) bond motifs is 1. The van der Waals surface area contributed by atoms with Gasteiger partial charge in [-0.25, -0.2) is 4.98 Å². The first-order valence-corrected chi connectivity index (χ1v) is 9.26. The Labute approximate surface area is 145 Å². The first-order valence-electron chi connectivity index (χ1n) is 9.26. The van der Waals surface area contributed by atoms with Crippen LogP contribution in [0.15, 0.2) is 12.3 Å². The Hall–Kier alpha value is -1.58. The predicted molar refractivity (Wildman–Crippen MR) is 96.4 cm³/mol. The number of ether oxygens (including phenoxy) is 1. The van der Waals surface area contributed by atoms with Crippen molar-refractivity contribution in [1.82, 2.24) is 4.98 Å². The van der Waals surface area contributed by atoms with E-state index in [0.717, 1.165) is 43.1 Å². The maximum Gasteiger partial charge on any atom is 0.228 e. The van der Waals surface area contributed by atoms with Gasteiger partial charge in [-0.15, -0.1) is 0 Å². The van der Waals surface area contributed by atoms with Gasteiger partial charge in [0.25, 0.3) is 0 Å². The van der Waals surface area contributed by atoms with E-state index in [1.165, 1.54) is 12.8 Å². The summed E-state index contributed by atoms with van der Waals surface area (Å²) in [7, 11) is 0. The molecule has 0 unspecified atom stereocenters. The third-order valence-corrected chi connectivity index (χ3v) is 5.17. The Bertz CT molecular complexity index is 602. The van der Waals surface area contributed by atoms with Crippen molar-refractivity contribution in [2.45, 2.75) is 59.8 Å². The Balaban J connectivity index is 1.67. The maximum absolute atomic E-state index is 12.4. The molecule has 0 N–H and O–H groups in total. The molecule has 0 saturated heterocycles. The molecule has 132 valence electrons. The lowest BCUT2D eigenvalue weighted by molar-refractivity contribution is -0.119. The number of aromatic nitrogens is 1. The number of hydrogen-bond acceptors (Lipinski definition) is 3. The van der Waals surface area contributed by atoms with Crippen LogP contribution in [0.5, 0.6) is 5.75 Å². The highest BCUT2D eigenvalue weighted by atomic mass is 16.5. The van der Waals surface area contributed by atoms with Gasteiger partial charge in [-0.05, 0) is 54.6 Å². The topological polar surface area (TPSA) is 42.4 Å². The average molecular weight is 330 g/mol. The summed E-state index contributed by atoms with van der Waals surface area (Å²) in [4.78, 5) is 18.9. The molecule has 1 aliphatic carbocycles. The molecule has 2 aliphatic rings. The maximum atomic E-state index is 12.4. The van der Waals surface area contributed by atoms with Crippen LogP contribution in [0.3, 0.4) is 0 Å². The summed E-state index contributed by atoms with van der Waals surface area (Å²) in [5.74, 6) is 3.14. The fourth-order valence-electron chi connectivity index (χ4n) is 3.97. The van der Waals surface area contributed by atoms with Crippen LogP contribution in [0, 0.1) is 17.3 Å². The van der Waals surface area contributed by atoms with Gasteiger partial charge in [0.1, 0.15) is 11.6 Å². The van der Waals surface area contributed by atoms with Crippen molar-refractivity contribution in [3.63, 3.8) is 0 Å². The SMILES string of the molecule is CC(C)CCOc1cnc2c(c1)CCC(=O)N2CC1CC(C)(C)C1. The minimum Gasteiger partial charge on any atom is -0.492 e. The average Bonchev–Trinajstić information content (AvgIpc) is 2.48. The second kappa shape index (κ2) is 6.73. The fourth-order valence-corrected chi connectivity index (χ4v) is 3.97. The van der Waals surface area contributed by atoms with Crippen LogP contribution in [-0.4, -0.2) is 24.0 Å². The number of carbonyl (C=O) groups is 1. The first kappa shape index (κ1) is 17.2. The lowest BCUT2D eigenvalue weighted by atomic mass is 9.64. The van der Waals surface area contributed by atoms with E-state index < -0.39 is 0 Å². The summed E-state index contributed by atoms with van der Waals surface area (Å²) >= 11 is 0. The zero-order valence-electron chi connectivity index (χ0n) is 15.5. The smallest absolute Gasteiger partial charge is 0.228 e. The quantitative estimate of drug-likeness (QED) is 0.784. The van der Waals surface area contributed by atoms with Gasteiger partial charge >= 0.3 is 0 Å². The normalized spacial score (nSPS) is 20.0. The Morgan fingerprint density at radius 3 is 2.75 bits per heavy atom. The third kappa shape index (κ3) is 3.90. The second-order valence-corrected chi connectivity index (χ2v) is 8.63. The number of hydrogen-bond donors (Lipinski definition) is 0. The molecule has 24 heavy (non-hydrogen) atoms. The van der Waals surface area contributed by atoms with Crippen LogP contribution < -0.4 is 9.64 Å². The summed E-state index contributed by atoms with van der Waals surface area (Å²) in [6, 6.07) is 2.08. The molecule has 1 fully saturated rings. The van der Waals surface area contributed by atoms with Gasteiger partial charge in [-0.3, -0.25) is 9.69 Å². The second-order valence-electron chi connectivity index (χ2n) is 8.63. The highest BCUT2D eigenvalue weighted by molar-refractivity contribution is 5.95. The lowest BCUT2D eigenvalue weighted by Crippen LogP contribution is -2.44. The number of rotatable bonds is 6. The third-order valence-electron chi connectivity index (χ3n) is 5.17. The van der Waals surface area contributed by atoms with E-state index in [1.54, 1.807) is 6.20 Å². The van der Waals surface area contributed by atoms with Crippen LogP contribution in [0.2, 0.25) is 0 Å². The Morgan fingerprint density at radius 1 is 1.33 bits per heavy atom. The number of carbonyl (C=O) groups excluding carboxylic acids is 1. The van der Waals surface area contributed by atoms with Gasteiger partial charge < -0.3 is 4.74 Å². The molecule has 0 atom stereocenters. The Kier molecular flexibility index (Phi) is 4.84. The summed E-state index contributed by atoms with van der Waals surface area (Å²) in [5, 5.41) is 0. The summed E-state index contributed by atoms with van der Waals surface area (Å²) in [6.07, 6.45) is 6.56. The zero-order valence-corrected chi connectivity index (χ0v) is 15.5. The predicted octanol–water partition coefficient (Wildman–Crippen LogP) is 4.22. The molecule has 1 aromatic heterocycles. The van der Waals surface area contributed by atoms with Crippen molar-refractivity contribution in [1.29, 1.82) is 0 Å². The van der Waals surface area contributed by atoms with Crippen molar-refractivity contribution in [3.8, 4) is 5.75 Å². The monoisotopic (exact) mass is 330 g/mol. The van der Waals surface area contributed by atoms with Crippen molar-refractivity contribution >= 4 is 11.7 Å². The van der Waals surface area contributed by atoms with E-state index in [9.17, 15) is 4.79 Å². The molecule has 0 bridgehead atoms. The van der Waals surface area contributed by atoms with Gasteiger partial charge in [0.05, 0.1) is 12.8 Å². The summed E-state index contributed by atoms with van der Waals surface area (Å²) in [5.41, 5.74) is 1.59. The van der Waals surface area contributed by atoms with E-state index in [0.29, 0.717) is 23.7 Å². The summed E-state index contributed by atoms with van der Waals surface area (Å²) in [6.45, 7) is 10.5. The van der Waals surface area contributed by atoms with Crippen LogP contribution >= 0.6 is 0 Å². The molecular formula is C20H30N2O2. The minimum absolute atomic E-state index is 0.216. The van der Waals surface area contributed by atoms with E-state index >= 15 is 0 Å². The molecule has 1 amide bonds. The number of anilines is 1. The minimum atomic E-state index is 0.216. The van der Waals surface area contributed by atoms with Crippen molar-refractivity contribution in [2.24, 2.45) is 17.3 Å². The van der Waals surface area contributed by atoms with Gasteiger partial charge in [0.2, 0.25) is 5.91 Å². The highest BCUT2D eigenvalue weighted by Crippen LogP contribution is 2.45. The standard InChI is InChI=1S/C20H30N2O2/c1-14(2)7-8-24-17-9-16-5-6-18(23)22(19(16)21-12-17)13-15-10-20(3,4)11-15/h9,12,14-15H,5-8,10-11,13H2,1-4H3. The summed E-state index contributed by atoms with van der Waals surface area (Å²) < 4.78 is 5.82. The molecule has 0 spiro atoms. The molecule has 1 aromatic rings. The molecule has 4 heteroatoms. The lowest BCUT2D eigenvalue weighted by Gasteiger charge is -2.45. The molecule has 4 nitrogen and oxygen atoms in total. The first-order chi connectivity index (χ1) is 11.3. The molecule has 2 heterocycles. The number of amides is 1. The molecule has 1 saturated carbocycles. The van der Waals surface area contributed by atoms with Crippen molar-refractivity contribution in [2.75, 3.05) is 18.1 Å². The Morgan fingerprint density at radius 2 is 2.08 bits per heavy atom. The van der Waals surface area contributed by atoms with E-state index in [2.05, 4.69) is 38.7 Å². The van der Waals surface area contributed by atoms with Crippen molar-refractivity contribution in [3.05, 3.63) is 17.8 Å². The van der Waals surface area contributed by atoms with Gasteiger partial charge in [0, 0.05) is 13.0 Å². The van der Waals surface area contributed by atoms with Gasteiger partial charge in [-0.2, -0.15) is 0 Å². The van der Waals surface area contributed by atoms with E-state index in [4.69, 9.17) is 4.74 Å².